The van der Waals surface area contributed by atoms with Crippen LogP contribution < -0.4 is 22.1 Å². The summed E-state index contributed by atoms with van der Waals surface area (Å²) in [6.07, 6.45) is 3.75. The summed E-state index contributed by atoms with van der Waals surface area (Å²) in [6, 6.07) is 12.0. The van der Waals surface area contributed by atoms with E-state index >= 15 is 4.39 Å². The molecule has 3 aromatic rings. The minimum Gasteiger partial charge on any atom is -0.480 e. The van der Waals surface area contributed by atoms with Gasteiger partial charge in [0.2, 0.25) is 17.7 Å². The highest BCUT2D eigenvalue weighted by Gasteiger charge is 2.37. The lowest BCUT2D eigenvalue weighted by Crippen LogP contribution is -2.52. The number of nitrogens with two attached hydrogens (primary N) is 2. The summed E-state index contributed by atoms with van der Waals surface area (Å²) in [5.74, 6) is -3.98. The van der Waals surface area contributed by atoms with Crippen LogP contribution in [0.4, 0.5) is 8.78 Å². The van der Waals surface area contributed by atoms with Gasteiger partial charge in [0.1, 0.15) is 23.7 Å². The fourth-order valence-corrected chi connectivity index (χ4v) is 6.99. The van der Waals surface area contributed by atoms with Crippen LogP contribution in [0.15, 0.2) is 60.8 Å². The predicted molar refractivity (Wildman–Crippen MR) is 200 cm³/mol. The molecule has 0 aliphatic carbocycles. The highest BCUT2D eigenvalue weighted by atomic mass is 32.2. The highest BCUT2D eigenvalue weighted by molar-refractivity contribution is 8.00. The summed E-state index contributed by atoms with van der Waals surface area (Å²) < 4.78 is 31.4. The van der Waals surface area contributed by atoms with Crippen LogP contribution in [0, 0.1) is 17.0 Å². The van der Waals surface area contributed by atoms with Crippen LogP contribution in [0.5, 0.6) is 0 Å². The van der Waals surface area contributed by atoms with Crippen LogP contribution in [-0.2, 0) is 25.7 Å². The number of hydrogen-bond acceptors (Lipinski definition) is 7. The van der Waals surface area contributed by atoms with Gasteiger partial charge in [0.15, 0.2) is 0 Å². The van der Waals surface area contributed by atoms with E-state index in [4.69, 9.17) is 11.5 Å². The molecule has 3 rings (SSSR count). The SMILES string of the molecule is CC(=O)N[C@@H](CCCCN)C(=O)N[C@@H](CSCC(=O)N(CCCN)[C@@H](c1cc(-c2cc(F)ccc2F)cn1Cc1ccccc1)C(C)(C)C)C(=O)O. The van der Waals surface area contributed by atoms with Crippen LogP contribution >= 0.6 is 11.8 Å². The second kappa shape index (κ2) is 20.1. The third-order valence-electron chi connectivity index (χ3n) is 8.47. The molecular weight excluding hydrogens is 691 g/mol. The molecule has 1 aromatic heterocycles. The van der Waals surface area contributed by atoms with E-state index < -0.39 is 53.0 Å². The summed E-state index contributed by atoms with van der Waals surface area (Å²) in [4.78, 5) is 52.8. The van der Waals surface area contributed by atoms with Gasteiger partial charge in [-0.2, -0.15) is 0 Å². The molecule has 0 unspecified atom stereocenters. The Kier molecular flexibility index (Phi) is 16.3. The zero-order chi connectivity index (χ0) is 38.4. The van der Waals surface area contributed by atoms with Crippen molar-refractivity contribution in [2.75, 3.05) is 31.1 Å². The van der Waals surface area contributed by atoms with E-state index in [2.05, 4.69) is 10.6 Å². The number of benzene rings is 2. The first-order valence-corrected chi connectivity index (χ1v) is 18.6. The number of amides is 3. The summed E-state index contributed by atoms with van der Waals surface area (Å²) in [5, 5.41) is 15.0. The van der Waals surface area contributed by atoms with Gasteiger partial charge < -0.3 is 36.7 Å². The number of nitrogens with zero attached hydrogens (tertiary/aromatic N) is 2. The minimum atomic E-state index is -1.32. The Morgan fingerprint density at radius 2 is 1.63 bits per heavy atom. The molecule has 11 nitrogen and oxygen atoms in total. The van der Waals surface area contributed by atoms with Crippen LogP contribution in [0.2, 0.25) is 0 Å². The maximum absolute atomic E-state index is 15.1. The fourth-order valence-electron chi connectivity index (χ4n) is 6.07. The number of rotatable bonds is 20. The maximum Gasteiger partial charge on any atom is 0.327 e. The number of carboxylic acid groups (broad SMARTS) is 1. The summed E-state index contributed by atoms with van der Waals surface area (Å²) in [7, 11) is 0. The second-order valence-corrected chi connectivity index (χ2v) is 14.9. The molecule has 0 spiro atoms. The molecule has 14 heteroatoms. The number of unbranched alkanes of at least 4 members (excludes halogenated alkanes) is 1. The number of aromatic nitrogens is 1. The zero-order valence-electron chi connectivity index (χ0n) is 30.4. The lowest BCUT2D eigenvalue weighted by molar-refractivity contribution is -0.141. The Morgan fingerprint density at radius 1 is 0.942 bits per heavy atom. The third-order valence-corrected chi connectivity index (χ3v) is 9.49. The average Bonchev–Trinajstić information content (AvgIpc) is 3.48. The van der Waals surface area contributed by atoms with Crippen molar-refractivity contribution >= 4 is 35.5 Å². The van der Waals surface area contributed by atoms with E-state index in [-0.39, 0.29) is 29.5 Å². The Bertz CT molecular complexity index is 1650. The average molecular weight is 743 g/mol. The Hall–Kier alpha value is -4.27. The molecule has 0 bridgehead atoms. The largest absolute Gasteiger partial charge is 0.480 e. The van der Waals surface area contributed by atoms with Crippen LogP contribution in [0.25, 0.3) is 11.1 Å². The minimum absolute atomic E-state index is 0.0954. The van der Waals surface area contributed by atoms with Gasteiger partial charge in [0.25, 0.3) is 0 Å². The van der Waals surface area contributed by atoms with Crippen molar-refractivity contribution < 1.29 is 33.1 Å². The van der Waals surface area contributed by atoms with Crippen LogP contribution in [0.1, 0.15) is 70.7 Å². The monoisotopic (exact) mass is 742 g/mol. The van der Waals surface area contributed by atoms with E-state index in [1.807, 2.05) is 55.7 Å². The first-order chi connectivity index (χ1) is 24.7. The molecular formula is C38H52F2N6O5S. The van der Waals surface area contributed by atoms with E-state index in [1.165, 1.54) is 6.92 Å². The zero-order valence-corrected chi connectivity index (χ0v) is 31.2. The third kappa shape index (κ3) is 12.4. The number of thioether (sulfide) groups is 1. The van der Waals surface area contributed by atoms with Crippen LogP contribution in [0.3, 0.4) is 0 Å². The van der Waals surface area contributed by atoms with Crippen molar-refractivity contribution in [1.29, 1.82) is 0 Å². The van der Waals surface area contributed by atoms with Gasteiger partial charge in [-0.05, 0) is 74.0 Å². The molecule has 7 N–H and O–H groups in total. The van der Waals surface area contributed by atoms with Crippen molar-refractivity contribution in [2.24, 2.45) is 16.9 Å². The second-order valence-electron chi connectivity index (χ2n) is 13.8. The normalized spacial score (nSPS) is 13.2. The van der Waals surface area contributed by atoms with Crippen molar-refractivity contribution in [2.45, 2.75) is 78.0 Å². The molecule has 0 saturated heterocycles. The van der Waals surface area contributed by atoms with Gasteiger partial charge in [-0.1, -0.05) is 51.1 Å². The molecule has 0 radical (unpaired) electrons. The molecule has 3 atom stereocenters. The number of carboxylic acids is 1. The van der Waals surface area contributed by atoms with Gasteiger partial charge in [-0.25, -0.2) is 13.6 Å². The Morgan fingerprint density at radius 3 is 2.25 bits per heavy atom. The molecule has 0 fully saturated rings. The predicted octanol–water partition coefficient (Wildman–Crippen LogP) is 4.68. The molecule has 2 aromatic carbocycles. The quantitative estimate of drug-likeness (QED) is 0.104. The van der Waals surface area contributed by atoms with Gasteiger partial charge in [0.05, 0.1) is 11.8 Å². The molecule has 3 amide bonds. The van der Waals surface area contributed by atoms with Gasteiger partial charge in [-0.3, -0.25) is 14.4 Å². The first-order valence-electron chi connectivity index (χ1n) is 17.4. The fraction of sp³-hybridized carbons (Fsp3) is 0.474. The lowest BCUT2D eigenvalue weighted by Gasteiger charge is -2.41. The molecule has 0 aliphatic heterocycles. The summed E-state index contributed by atoms with van der Waals surface area (Å²) in [5.41, 5.74) is 13.1. The molecule has 1 heterocycles. The van der Waals surface area contributed by atoms with E-state index in [0.29, 0.717) is 56.6 Å². The van der Waals surface area contributed by atoms with E-state index in [1.54, 1.807) is 17.2 Å². The lowest BCUT2D eigenvalue weighted by atomic mass is 9.83. The summed E-state index contributed by atoms with van der Waals surface area (Å²) in [6.45, 7) is 8.67. The Balaban J connectivity index is 1.93. The number of nitrogens with one attached hydrogen (secondary N) is 2. The molecule has 0 aliphatic rings. The molecule has 284 valence electrons. The van der Waals surface area contributed by atoms with Crippen LogP contribution in [-0.4, -0.2) is 81.5 Å². The summed E-state index contributed by atoms with van der Waals surface area (Å²) >= 11 is 1.06. The number of halogens is 2. The van der Waals surface area contributed by atoms with E-state index in [0.717, 1.165) is 35.5 Å². The van der Waals surface area contributed by atoms with Crippen molar-refractivity contribution in [1.82, 2.24) is 20.1 Å². The smallest absolute Gasteiger partial charge is 0.327 e. The number of carbonyl (C=O) groups is 4. The number of carbonyl (C=O) groups excluding carboxylic acids is 3. The van der Waals surface area contributed by atoms with Gasteiger partial charge in [-0.15, -0.1) is 11.8 Å². The standard InChI is InChI=1S/C38H52F2N6O5S/c1-25(47)43-31(13-8-9-16-41)36(49)44-32(37(50)51)23-52-24-34(48)46(18-10-17-42)35(38(2,3)4)33-19-27(29-20-28(39)14-15-30(29)40)22-45(33)21-26-11-6-5-7-12-26/h5-7,11-12,14-15,19-20,22,31-32,35H,8-10,13,16-18,21,23-24,41-42H2,1-4H3,(H,43,47)(H,44,49)(H,50,51)/t31-,32-,35-/m0/s1. The molecule has 0 saturated carbocycles. The van der Waals surface area contributed by atoms with Crippen molar-refractivity contribution in [3.8, 4) is 11.1 Å². The van der Waals surface area contributed by atoms with Crippen molar-refractivity contribution in [3.05, 3.63) is 83.7 Å². The highest BCUT2D eigenvalue weighted by Crippen LogP contribution is 2.41. The van der Waals surface area contributed by atoms with E-state index in [9.17, 15) is 28.7 Å². The van der Waals surface area contributed by atoms with Gasteiger partial charge in [0, 0.05) is 48.8 Å². The number of hydrogen-bond donors (Lipinski definition) is 5. The maximum atomic E-state index is 15.1. The van der Waals surface area contributed by atoms with Crippen molar-refractivity contribution in [3.63, 3.8) is 0 Å². The first kappa shape index (κ1) is 42.1. The topological polar surface area (TPSA) is 173 Å². The Labute approximate surface area is 308 Å². The number of aliphatic carboxylic acids is 1. The molecule has 52 heavy (non-hydrogen) atoms. The van der Waals surface area contributed by atoms with Gasteiger partial charge >= 0.3 is 5.97 Å².